The van der Waals surface area contributed by atoms with E-state index in [1.165, 1.54) is 18.4 Å². The molecule has 102 valence electrons. The molecule has 1 fully saturated rings. The number of methoxy groups -OCH3 is 1. The Morgan fingerprint density at radius 2 is 2.16 bits per heavy atom. The van der Waals surface area contributed by atoms with Gasteiger partial charge in [0.15, 0.2) is 5.65 Å². The fourth-order valence-electron chi connectivity index (χ4n) is 3.24. The van der Waals surface area contributed by atoms with Crippen LogP contribution in [0.4, 0.5) is 0 Å². The van der Waals surface area contributed by atoms with Gasteiger partial charge in [0.1, 0.15) is 5.52 Å². The van der Waals surface area contributed by atoms with Gasteiger partial charge in [-0.05, 0) is 12.8 Å². The first-order valence-electron chi connectivity index (χ1n) is 6.77. The lowest BCUT2D eigenvalue weighted by atomic mass is 9.80. The molecule has 0 unspecified atom stereocenters. The van der Waals surface area contributed by atoms with Gasteiger partial charge in [0.25, 0.3) is 0 Å². The van der Waals surface area contributed by atoms with Gasteiger partial charge in [-0.15, -0.1) is 0 Å². The van der Waals surface area contributed by atoms with Crippen LogP contribution >= 0.6 is 0 Å². The second-order valence-electron chi connectivity index (χ2n) is 5.43. The van der Waals surface area contributed by atoms with Gasteiger partial charge in [-0.25, -0.2) is 9.97 Å². The van der Waals surface area contributed by atoms with Gasteiger partial charge in [0, 0.05) is 30.8 Å². The predicted molar refractivity (Wildman–Crippen MR) is 74.3 cm³/mol. The average molecular weight is 260 g/mol. The Morgan fingerprint density at radius 3 is 2.79 bits per heavy atom. The average Bonchev–Trinajstić information content (AvgIpc) is 3.04. The molecule has 0 amide bonds. The molecular formula is C14H20N4O. The Kier molecular flexibility index (Phi) is 2.93. The van der Waals surface area contributed by atoms with Gasteiger partial charge in [0.2, 0.25) is 5.88 Å². The van der Waals surface area contributed by atoms with E-state index in [9.17, 15) is 0 Å². The van der Waals surface area contributed by atoms with Gasteiger partial charge >= 0.3 is 0 Å². The van der Waals surface area contributed by atoms with Crippen molar-refractivity contribution in [3.8, 4) is 5.88 Å². The summed E-state index contributed by atoms with van der Waals surface area (Å²) in [5.41, 5.74) is 9.22. The largest absolute Gasteiger partial charge is 0.480 e. The lowest BCUT2D eigenvalue weighted by Crippen LogP contribution is -2.31. The van der Waals surface area contributed by atoms with Crippen molar-refractivity contribution in [1.82, 2.24) is 14.5 Å². The van der Waals surface area contributed by atoms with E-state index in [-0.39, 0.29) is 5.41 Å². The second-order valence-corrected chi connectivity index (χ2v) is 5.43. The fraction of sp³-hybridized carbons (Fsp3) is 0.571. The summed E-state index contributed by atoms with van der Waals surface area (Å²) in [6, 6.07) is 0. The molecule has 0 spiro atoms. The molecule has 0 radical (unpaired) electrons. The first kappa shape index (κ1) is 12.4. The minimum Gasteiger partial charge on any atom is -0.480 e. The third kappa shape index (κ3) is 1.80. The lowest BCUT2D eigenvalue weighted by Gasteiger charge is -2.26. The van der Waals surface area contributed by atoms with E-state index in [1.807, 2.05) is 11.6 Å². The molecule has 2 N–H and O–H groups in total. The lowest BCUT2D eigenvalue weighted by molar-refractivity contribution is 0.397. The van der Waals surface area contributed by atoms with E-state index in [4.69, 9.17) is 10.5 Å². The summed E-state index contributed by atoms with van der Waals surface area (Å²) in [6.07, 6.45) is 8.57. The molecule has 3 rings (SSSR count). The van der Waals surface area contributed by atoms with Crippen LogP contribution < -0.4 is 10.5 Å². The van der Waals surface area contributed by atoms with Crippen LogP contribution in [0.5, 0.6) is 5.88 Å². The molecule has 1 saturated carbocycles. The normalized spacial score (nSPS) is 18.1. The summed E-state index contributed by atoms with van der Waals surface area (Å²) >= 11 is 0. The molecule has 1 aliphatic rings. The highest BCUT2D eigenvalue weighted by atomic mass is 16.5. The molecule has 0 atom stereocenters. The summed E-state index contributed by atoms with van der Waals surface area (Å²) in [6.45, 7) is 0.672. The Morgan fingerprint density at radius 1 is 1.42 bits per heavy atom. The Balaban J connectivity index is 2.22. The summed E-state index contributed by atoms with van der Waals surface area (Å²) < 4.78 is 7.24. The maximum atomic E-state index is 6.08. The topological polar surface area (TPSA) is 66.0 Å². The Labute approximate surface area is 112 Å². The fourth-order valence-corrected chi connectivity index (χ4v) is 3.24. The van der Waals surface area contributed by atoms with Crippen molar-refractivity contribution in [2.75, 3.05) is 13.7 Å². The number of rotatable bonds is 3. The first-order chi connectivity index (χ1) is 9.20. The van der Waals surface area contributed by atoms with Crippen molar-refractivity contribution in [1.29, 1.82) is 0 Å². The maximum Gasteiger partial charge on any atom is 0.232 e. The van der Waals surface area contributed by atoms with Crippen molar-refractivity contribution in [2.45, 2.75) is 31.1 Å². The van der Waals surface area contributed by atoms with Crippen LogP contribution in [0.25, 0.3) is 11.2 Å². The van der Waals surface area contributed by atoms with Crippen molar-refractivity contribution in [3.63, 3.8) is 0 Å². The summed E-state index contributed by atoms with van der Waals surface area (Å²) in [5.74, 6) is 0.560. The van der Waals surface area contributed by atoms with E-state index < -0.39 is 0 Å². The van der Waals surface area contributed by atoms with E-state index in [0.29, 0.717) is 12.4 Å². The van der Waals surface area contributed by atoms with E-state index >= 15 is 0 Å². The molecule has 0 aromatic carbocycles. The monoisotopic (exact) mass is 260 g/mol. The van der Waals surface area contributed by atoms with E-state index in [2.05, 4.69) is 16.2 Å². The Bertz CT molecular complexity index is 599. The molecular weight excluding hydrogens is 240 g/mol. The van der Waals surface area contributed by atoms with Gasteiger partial charge < -0.3 is 15.0 Å². The molecule has 5 heteroatoms. The zero-order chi connectivity index (χ0) is 13.5. The SMILES string of the molecule is COc1cnc2c(n1)c(C1(CN)CCCC1)cn2C. The number of hydrogen-bond donors (Lipinski definition) is 1. The first-order valence-corrected chi connectivity index (χ1v) is 6.77. The van der Waals surface area contributed by atoms with Crippen LogP contribution in [-0.2, 0) is 12.5 Å². The highest BCUT2D eigenvalue weighted by Crippen LogP contribution is 2.43. The molecule has 2 aromatic heterocycles. The Hall–Kier alpha value is -1.62. The van der Waals surface area contributed by atoms with Crippen LogP contribution in [-0.4, -0.2) is 28.2 Å². The standard InChI is InChI=1S/C14H20N4O/c1-18-8-10(14(9-15)5-3-4-6-14)12-13(18)16-7-11(17-12)19-2/h7-8H,3-6,9,15H2,1-2H3. The number of fused-ring (bicyclic) bond motifs is 1. The third-order valence-electron chi connectivity index (χ3n) is 4.37. The molecule has 0 aliphatic heterocycles. The van der Waals surface area contributed by atoms with Crippen LogP contribution in [0.3, 0.4) is 0 Å². The van der Waals surface area contributed by atoms with Gasteiger partial charge in [-0.2, -0.15) is 0 Å². The quantitative estimate of drug-likeness (QED) is 0.913. The van der Waals surface area contributed by atoms with Gasteiger partial charge in [-0.1, -0.05) is 12.8 Å². The van der Waals surface area contributed by atoms with Crippen LogP contribution in [0.2, 0.25) is 0 Å². The molecule has 1 aliphatic carbocycles. The molecule has 19 heavy (non-hydrogen) atoms. The summed E-state index contributed by atoms with van der Waals surface area (Å²) in [4.78, 5) is 9.03. The van der Waals surface area contributed by atoms with E-state index in [0.717, 1.165) is 24.0 Å². The number of hydrogen-bond acceptors (Lipinski definition) is 4. The molecule has 2 heterocycles. The molecule has 2 aromatic rings. The minimum absolute atomic E-state index is 0.0700. The van der Waals surface area contributed by atoms with Crippen molar-refractivity contribution >= 4 is 11.2 Å². The predicted octanol–water partition coefficient (Wildman–Crippen LogP) is 1.75. The summed E-state index contributed by atoms with van der Waals surface area (Å²) in [7, 11) is 3.62. The highest BCUT2D eigenvalue weighted by Gasteiger charge is 2.37. The van der Waals surface area contributed by atoms with Gasteiger partial charge in [0.05, 0.1) is 13.3 Å². The van der Waals surface area contributed by atoms with Gasteiger partial charge in [-0.3, -0.25) is 0 Å². The second kappa shape index (κ2) is 4.49. The number of nitrogens with zero attached hydrogens (tertiary/aromatic N) is 3. The minimum atomic E-state index is 0.0700. The third-order valence-corrected chi connectivity index (χ3v) is 4.37. The highest BCUT2D eigenvalue weighted by molar-refractivity contribution is 5.78. The van der Waals surface area contributed by atoms with Crippen molar-refractivity contribution in [2.24, 2.45) is 12.8 Å². The van der Waals surface area contributed by atoms with Crippen LogP contribution in [0, 0.1) is 0 Å². The van der Waals surface area contributed by atoms with E-state index in [1.54, 1.807) is 13.3 Å². The molecule has 0 bridgehead atoms. The zero-order valence-corrected chi connectivity index (χ0v) is 11.5. The molecule has 0 saturated heterocycles. The number of nitrogens with two attached hydrogens (primary N) is 1. The zero-order valence-electron chi connectivity index (χ0n) is 11.5. The maximum absolute atomic E-state index is 6.08. The molecule has 5 nitrogen and oxygen atoms in total. The van der Waals surface area contributed by atoms with Crippen molar-refractivity contribution < 1.29 is 4.74 Å². The number of aryl methyl sites for hydroxylation is 1. The van der Waals surface area contributed by atoms with Crippen LogP contribution in [0.15, 0.2) is 12.4 Å². The number of aromatic nitrogens is 3. The summed E-state index contributed by atoms with van der Waals surface area (Å²) in [5, 5.41) is 0. The smallest absolute Gasteiger partial charge is 0.232 e. The van der Waals surface area contributed by atoms with Crippen LogP contribution in [0.1, 0.15) is 31.2 Å². The van der Waals surface area contributed by atoms with Crippen molar-refractivity contribution in [3.05, 3.63) is 18.0 Å². The number of ether oxygens (including phenoxy) is 1.